The quantitative estimate of drug-likeness (QED) is 0.742. The molecule has 1 atom stereocenters. The SMILES string of the molecule is CCC(CN)(C(=O)O)c1ccccn1. The summed E-state index contributed by atoms with van der Waals surface area (Å²) in [7, 11) is 0. The molecular weight excluding hydrogens is 180 g/mol. The van der Waals surface area contributed by atoms with Crippen LogP contribution >= 0.6 is 0 Å². The second kappa shape index (κ2) is 4.19. The highest BCUT2D eigenvalue weighted by Crippen LogP contribution is 2.25. The smallest absolute Gasteiger partial charge is 0.317 e. The summed E-state index contributed by atoms with van der Waals surface area (Å²) in [4.78, 5) is 15.2. The molecule has 0 fully saturated rings. The Hall–Kier alpha value is -1.42. The number of aliphatic carboxylic acids is 1. The van der Waals surface area contributed by atoms with E-state index in [1.807, 2.05) is 0 Å². The predicted molar refractivity (Wildman–Crippen MR) is 52.9 cm³/mol. The molecule has 0 aliphatic heterocycles. The highest BCUT2D eigenvalue weighted by Gasteiger charge is 2.38. The molecule has 0 aliphatic carbocycles. The Kier molecular flexibility index (Phi) is 3.19. The van der Waals surface area contributed by atoms with Crippen LogP contribution in [0.5, 0.6) is 0 Å². The lowest BCUT2D eigenvalue weighted by atomic mass is 9.81. The summed E-state index contributed by atoms with van der Waals surface area (Å²) in [6, 6.07) is 5.22. The van der Waals surface area contributed by atoms with Gasteiger partial charge in [0.25, 0.3) is 0 Å². The number of carboxylic acid groups (broad SMARTS) is 1. The van der Waals surface area contributed by atoms with Crippen LogP contribution in [-0.2, 0) is 10.2 Å². The van der Waals surface area contributed by atoms with E-state index in [0.29, 0.717) is 12.1 Å². The van der Waals surface area contributed by atoms with E-state index in [-0.39, 0.29) is 6.54 Å². The lowest BCUT2D eigenvalue weighted by Crippen LogP contribution is -2.43. The molecule has 0 spiro atoms. The van der Waals surface area contributed by atoms with E-state index in [9.17, 15) is 4.79 Å². The molecule has 1 aromatic rings. The molecule has 0 bridgehead atoms. The van der Waals surface area contributed by atoms with Gasteiger partial charge in [-0.1, -0.05) is 13.0 Å². The van der Waals surface area contributed by atoms with Crippen molar-refractivity contribution in [1.29, 1.82) is 0 Å². The Morgan fingerprint density at radius 3 is 2.71 bits per heavy atom. The molecule has 1 unspecified atom stereocenters. The van der Waals surface area contributed by atoms with E-state index in [0.717, 1.165) is 0 Å². The van der Waals surface area contributed by atoms with Gasteiger partial charge in [-0.15, -0.1) is 0 Å². The van der Waals surface area contributed by atoms with Gasteiger partial charge in [0, 0.05) is 12.7 Å². The van der Waals surface area contributed by atoms with E-state index in [1.54, 1.807) is 31.3 Å². The Bertz CT molecular complexity index is 307. The van der Waals surface area contributed by atoms with Crippen molar-refractivity contribution in [3.05, 3.63) is 30.1 Å². The largest absolute Gasteiger partial charge is 0.480 e. The van der Waals surface area contributed by atoms with Crippen molar-refractivity contribution in [1.82, 2.24) is 4.98 Å². The first kappa shape index (κ1) is 10.7. The molecule has 14 heavy (non-hydrogen) atoms. The molecule has 76 valence electrons. The topological polar surface area (TPSA) is 76.2 Å². The predicted octanol–water partition coefficient (Wildman–Crippen LogP) is 0.773. The van der Waals surface area contributed by atoms with E-state index in [4.69, 9.17) is 10.8 Å². The maximum atomic E-state index is 11.2. The van der Waals surface area contributed by atoms with Gasteiger partial charge in [0.1, 0.15) is 5.41 Å². The summed E-state index contributed by atoms with van der Waals surface area (Å²) in [6.07, 6.45) is 2.02. The zero-order chi connectivity index (χ0) is 10.6. The zero-order valence-corrected chi connectivity index (χ0v) is 8.10. The molecule has 0 saturated carbocycles. The summed E-state index contributed by atoms with van der Waals surface area (Å²) in [5.74, 6) is -0.916. The summed E-state index contributed by atoms with van der Waals surface area (Å²) < 4.78 is 0. The van der Waals surface area contributed by atoms with Crippen LogP contribution in [0.15, 0.2) is 24.4 Å². The molecule has 0 aliphatic rings. The number of hydrogen-bond acceptors (Lipinski definition) is 3. The van der Waals surface area contributed by atoms with Gasteiger partial charge < -0.3 is 10.8 Å². The van der Waals surface area contributed by atoms with Gasteiger partial charge in [0.05, 0.1) is 5.69 Å². The van der Waals surface area contributed by atoms with Crippen molar-refractivity contribution >= 4 is 5.97 Å². The van der Waals surface area contributed by atoms with Crippen LogP contribution in [0.3, 0.4) is 0 Å². The second-order valence-electron chi connectivity index (χ2n) is 3.16. The van der Waals surface area contributed by atoms with Crippen molar-refractivity contribution in [3.63, 3.8) is 0 Å². The van der Waals surface area contributed by atoms with E-state index in [1.165, 1.54) is 0 Å². The molecule has 1 rings (SSSR count). The fourth-order valence-electron chi connectivity index (χ4n) is 1.42. The van der Waals surface area contributed by atoms with Crippen LogP contribution in [0.25, 0.3) is 0 Å². The first-order chi connectivity index (χ1) is 6.67. The van der Waals surface area contributed by atoms with Gasteiger partial charge in [-0.25, -0.2) is 0 Å². The average molecular weight is 194 g/mol. The fourth-order valence-corrected chi connectivity index (χ4v) is 1.42. The maximum absolute atomic E-state index is 11.2. The minimum Gasteiger partial charge on any atom is -0.480 e. The van der Waals surface area contributed by atoms with Crippen LogP contribution in [0.1, 0.15) is 19.0 Å². The molecule has 4 heteroatoms. The number of carboxylic acids is 1. The monoisotopic (exact) mass is 194 g/mol. The number of hydrogen-bond donors (Lipinski definition) is 2. The van der Waals surface area contributed by atoms with Gasteiger partial charge in [-0.2, -0.15) is 0 Å². The number of nitrogens with two attached hydrogens (primary N) is 1. The number of rotatable bonds is 4. The van der Waals surface area contributed by atoms with Gasteiger partial charge in [-0.05, 0) is 18.6 Å². The molecule has 0 radical (unpaired) electrons. The molecule has 1 aromatic heterocycles. The first-order valence-corrected chi connectivity index (χ1v) is 4.52. The first-order valence-electron chi connectivity index (χ1n) is 4.52. The number of carbonyl (C=O) groups is 1. The highest BCUT2D eigenvalue weighted by atomic mass is 16.4. The minimum atomic E-state index is -1.04. The van der Waals surface area contributed by atoms with E-state index < -0.39 is 11.4 Å². The van der Waals surface area contributed by atoms with Crippen LogP contribution in [0.2, 0.25) is 0 Å². The number of aromatic nitrogens is 1. The maximum Gasteiger partial charge on any atom is 0.317 e. The van der Waals surface area contributed by atoms with Crippen LogP contribution in [0, 0.1) is 0 Å². The molecule has 1 heterocycles. The lowest BCUT2D eigenvalue weighted by Gasteiger charge is -2.25. The summed E-state index contributed by atoms with van der Waals surface area (Å²) in [5.41, 5.74) is 5.02. The zero-order valence-electron chi connectivity index (χ0n) is 8.10. The Labute approximate surface area is 82.8 Å². The van der Waals surface area contributed by atoms with Crippen molar-refractivity contribution in [2.75, 3.05) is 6.54 Å². The molecule has 0 aromatic carbocycles. The van der Waals surface area contributed by atoms with Crippen molar-refractivity contribution < 1.29 is 9.90 Å². The van der Waals surface area contributed by atoms with Crippen molar-refractivity contribution in [2.24, 2.45) is 5.73 Å². The van der Waals surface area contributed by atoms with Gasteiger partial charge in [0.2, 0.25) is 0 Å². The van der Waals surface area contributed by atoms with Gasteiger partial charge in [-0.3, -0.25) is 9.78 Å². The lowest BCUT2D eigenvalue weighted by molar-refractivity contribution is -0.143. The molecule has 4 nitrogen and oxygen atoms in total. The van der Waals surface area contributed by atoms with Crippen LogP contribution < -0.4 is 5.73 Å². The van der Waals surface area contributed by atoms with Crippen molar-refractivity contribution in [3.8, 4) is 0 Å². The van der Waals surface area contributed by atoms with Crippen molar-refractivity contribution in [2.45, 2.75) is 18.8 Å². The Morgan fingerprint density at radius 1 is 1.64 bits per heavy atom. The number of pyridine rings is 1. The highest BCUT2D eigenvalue weighted by molar-refractivity contribution is 5.81. The summed E-state index contributed by atoms with van der Waals surface area (Å²) in [5, 5.41) is 9.16. The average Bonchev–Trinajstić information content (AvgIpc) is 2.22. The second-order valence-corrected chi connectivity index (χ2v) is 3.16. The van der Waals surface area contributed by atoms with E-state index in [2.05, 4.69) is 4.98 Å². The third-order valence-electron chi connectivity index (χ3n) is 2.52. The molecule has 0 amide bonds. The summed E-state index contributed by atoms with van der Waals surface area (Å²) >= 11 is 0. The van der Waals surface area contributed by atoms with E-state index >= 15 is 0 Å². The van der Waals surface area contributed by atoms with Gasteiger partial charge in [0.15, 0.2) is 0 Å². The standard InChI is InChI=1S/C10H14N2O2/c1-2-10(7-11,9(13)14)8-5-3-4-6-12-8/h3-6H,2,7,11H2,1H3,(H,13,14). The molecular formula is C10H14N2O2. The number of nitrogens with zero attached hydrogens (tertiary/aromatic N) is 1. The molecule has 3 N–H and O–H groups in total. The third kappa shape index (κ3) is 1.61. The Balaban J connectivity index is 3.18. The fraction of sp³-hybridized carbons (Fsp3) is 0.400. The van der Waals surface area contributed by atoms with Crippen LogP contribution in [-0.4, -0.2) is 22.6 Å². The third-order valence-corrected chi connectivity index (χ3v) is 2.52. The van der Waals surface area contributed by atoms with Gasteiger partial charge >= 0.3 is 5.97 Å². The summed E-state index contributed by atoms with van der Waals surface area (Å²) in [6.45, 7) is 1.87. The molecule has 0 saturated heterocycles. The minimum absolute atomic E-state index is 0.0653. The normalized spacial score (nSPS) is 14.7. The van der Waals surface area contributed by atoms with Crippen LogP contribution in [0.4, 0.5) is 0 Å². The Morgan fingerprint density at radius 2 is 2.36 bits per heavy atom.